The number of imidazole rings is 1. The predicted octanol–water partition coefficient (Wildman–Crippen LogP) is 4.23. The molecule has 0 saturated heterocycles. The first kappa shape index (κ1) is 16.7. The van der Waals surface area contributed by atoms with E-state index in [0.717, 1.165) is 32.1 Å². The van der Waals surface area contributed by atoms with Crippen LogP contribution in [0.1, 0.15) is 60.8 Å². The van der Waals surface area contributed by atoms with E-state index in [-0.39, 0.29) is 17.4 Å². The van der Waals surface area contributed by atoms with Crippen molar-refractivity contribution in [1.29, 1.82) is 0 Å². The highest BCUT2D eigenvalue weighted by molar-refractivity contribution is 6.07. The van der Waals surface area contributed by atoms with E-state index in [0.29, 0.717) is 5.52 Å². The Morgan fingerprint density at radius 2 is 2.04 bits per heavy atom. The molecule has 3 heterocycles. The van der Waals surface area contributed by atoms with Crippen LogP contribution in [0.4, 0.5) is 14.5 Å². The topological polar surface area (TPSA) is 64.2 Å². The number of carbonyl (C=O) groups excluding carboxylic acids is 1. The normalized spacial score (nSPS) is 15.7. The minimum Gasteiger partial charge on any atom is -0.317 e. The first-order valence-corrected chi connectivity index (χ1v) is 8.73. The van der Waals surface area contributed by atoms with Gasteiger partial charge < -0.3 is 9.72 Å². The molecular formula is C18H19F2N5O. The van der Waals surface area contributed by atoms with Crippen molar-refractivity contribution in [2.24, 2.45) is 0 Å². The van der Waals surface area contributed by atoms with E-state index in [1.807, 2.05) is 6.07 Å². The molecule has 0 bridgehead atoms. The van der Waals surface area contributed by atoms with E-state index < -0.39 is 18.0 Å². The first-order valence-electron chi connectivity index (χ1n) is 8.73. The fourth-order valence-electron chi connectivity index (χ4n) is 3.50. The van der Waals surface area contributed by atoms with Gasteiger partial charge in [0, 0.05) is 12.4 Å². The van der Waals surface area contributed by atoms with Crippen LogP contribution in [-0.2, 0) is 0 Å². The van der Waals surface area contributed by atoms with E-state index in [9.17, 15) is 13.6 Å². The fraction of sp³-hybridized carbons (Fsp3) is 0.389. The van der Waals surface area contributed by atoms with Gasteiger partial charge in [0.05, 0.1) is 17.2 Å². The van der Waals surface area contributed by atoms with Crippen molar-refractivity contribution in [3.63, 3.8) is 0 Å². The van der Waals surface area contributed by atoms with Crippen molar-refractivity contribution < 1.29 is 13.6 Å². The van der Waals surface area contributed by atoms with Crippen LogP contribution in [0, 0.1) is 0 Å². The largest absolute Gasteiger partial charge is 0.317 e. The molecule has 1 fully saturated rings. The van der Waals surface area contributed by atoms with Crippen molar-refractivity contribution >= 4 is 17.1 Å². The van der Waals surface area contributed by atoms with Gasteiger partial charge in [-0.25, -0.2) is 13.8 Å². The summed E-state index contributed by atoms with van der Waals surface area (Å²) in [4.78, 5) is 16.7. The van der Waals surface area contributed by atoms with Gasteiger partial charge in [0.15, 0.2) is 11.4 Å². The molecule has 0 radical (unpaired) electrons. The molecular weight excluding hydrogens is 340 g/mol. The van der Waals surface area contributed by atoms with E-state index in [2.05, 4.69) is 15.4 Å². The minimum absolute atomic E-state index is 0.0488. The molecule has 3 aromatic rings. The second kappa shape index (κ2) is 6.86. The van der Waals surface area contributed by atoms with Gasteiger partial charge in [-0.15, -0.1) is 0 Å². The molecule has 1 aliphatic carbocycles. The van der Waals surface area contributed by atoms with Crippen LogP contribution in [-0.4, -0.2) is 25.1 Å². The maximum atomic E-state index is 13.4. The third-order valence-electron chi connectivity index (χ3n) is 4.82. The van der Waals surface area contributed by atoms with Crippen LogP contribution >= 0.6 is 0 Å². The zero-order valence-corrected chi connectivity index (χ0v) is 14.1. The zero-order valence-electron chi connectivity index (χ0n) is 14.1. The molecule has 3 aromatic heterocycles. The Bertz CT molecular complexity index is 927. The SMILES string of the molecule is O=C(Nc1cn(C2CCCCC2)nc1C(F)F)c1ncn2ccccc12. The summed E-state index contributed by atoms with van der Waals surface area (Å²) in [6.07, 6.45) is 7.19. The number of aromatic nitrogens is 4. The average molecular weight is 359 g/mol. The maximum absolute atomic E-state index is 13.4. The zero-order chi connectivity index (χ0) is 18.1. The van der Waals surface area contributed by atoms with Gasteiger partial charge in [0.2, 0.25) is 0 Å². The third-order valence-corrected chi connectivity index (χ3v) is 4.82. The number of nitrogens with zero attached hydrogens (tertiary/aromatic N) is 4. The van der Waals surface area contributed by atoms with Crippen molar-refractivity contribution in [2.75, 3.05) is 5.32 Å². The molecule has 0 aromatic carbocycles. The summed E-state index contributed by atoms with van der Waals surface area (Å²) < 4.78 is 30.1. The lowest BCUT2D eigenvalue weighted by Gasteiger charge is -2.21. The van der Waals surface area contributed by atoms with Crippen LogP contribution in [0.5, 0.6) is 0 Å². The van der Waals surface area contributed by atoms with Crippen LogP contribution < -0.4 is 5.32 Å². The molecule has 0 spiro atoms. The number of nitrogens with one attached hydrogen (secondary N) is 1. The highest BCUT2D eigenvalue weighted by Crippen LogP contribution is 2.32. The lowest BCUT2D eigenvalue weighted by molar-refractivity contribution is 0.102. The van der Waals surface area contributed by atoms with Crippen LogP contribution in [0.2, 0.25) is 0 Å². The number of amides is 1. The van der Waals surface area contributed by atoms with Crippen LogP contribution in [0.25, 0.3) is 5.52 Å². The van der Waals surface area contributed by atoms with Gasteiger partial charge >= 0.3 is 0 Å². The summed E-state index contributed by atoms with van der Waals surface area (Å²) in [6, 6.07) is 5.47. The molecule has 0 aliphatic heterocycles. The summed E-state index contributed by atoms with van der Waals surface area (Å²) in [5.74, 6) is -0.524. The van der Waals surface area contributed by atoms with Crippen molar-refractivity contribution in [3.05, 3.63) is 48.3 Å². The molecule has 0 unspecified atom stereocenters. The number of alkyl halides is 2. The van der Waals surface area contributed by atoms with Gasteiger partial charge in [-0.3, -0.25) is 9.48 Å². The fourth-order valence-corrected chi connectivity index (χ4v) is 3.50. The summed E-state index contributed by atoms with van der Waals surface area (Å²) in [5, 5.41) is 6.62. The number of hydrogen-bond donors (Lipinski definition) is 1. The monoisotopic (exact) mass is 359 g/mol. The standard InChI is InChI=1S/C18H19F2N5O/c19-17(20)15-13(10-25(23-15)12-6-2-1-3-7-12)22-18(26)16-14-8-4-5-9-24(14)11-21-16/h4-5,8-12,17H,1-3,6-7H2,(H,22,26). The molecule has 8 heteroatoms. The van der Waals surface area contributed by atoms with E-state index >= 15 is 0 Å². The van der Waals surface area contributed by atoms with E-state index in [4.69, 9.17) is 0 Å². The van der Waals surface area contributed by atoms with E-state index in [1.165, 1.54) is 12.5 Å². The van der Waals surface area contributed by atoms with E-state index in [1.54, 1.807) is 27.4 Å². The van der Waals surface area contributed by atoms with Crippen molar-refractivity contribution in [1.82, 2.24) is 19.2 Å². The number of anilines is 1. The number of halogens is 2. The minimum atomic E-state index is -2.76. The maximum Gasteiger partial charge on any atom is 0.284 e. The second-order valence-electron chi connectivity index (χ2n) is 6.54. The Kier molecular flexibility index (Phi) is 4.40. The van der Waals surface area contributed by atoms with Crippen LogP contribution in [0.15, 0.2) is 36.9 Å². The van der Waals surface area contributed by atoms with Gasteiger partial charge in [-0.05, 0) is 25.0 Å². The highest BCUT2D eigenvalue weighted by atomic mass is 19.3. The molecule has 4 rings (SSSR count). The number of rotatable bonds is 4. The number of carbonyl (C=O) groups is 1. The molecule has 26 heavy (non-hydrogen) atoms. The highest BCUT2D eigenvalue weighted by Gasteiger charge is 2.25. The molecule has 136 valence electrons. The van der Waals surface area contributed by atoms with Crippen molar-refractivity contribution in [3.8, 4) is 0 Å². The Balaban J connectivity index is 1.62. The molecule has 6 nitrogen and oxygen atoms in total. The molecule has 1 N–H and O–H groups in total. The van der Waals surface area contributed by atoms with Crippen molar-refractivity contribution in [2.45, 2.75) is 44.6 Å². The number of hydrogen-bond acceptors (Lipinski definition) is 3. The summed E-state index contributed by atoms with van der Waals surface area (Å²) in [6.45, 7) is 0. The number of pyridine rings is 1. The average Bonchev–Trinajstić information content (AvgIpc) is 3.27. The van der Waals surface area contributed by atoms with Crippen LogP contribution in [0.3, 0.4) is 0 Å². The Morgan fingerprint density at radius 3 is 2.81 bits per heavy atom. The quantitative estimate of drug-likeness (QED) is 0.758. The summed E-state index contributed by atoms with van der Waals surface area (Å²) >= 11 is 0. The molecule has 1 saturated carbocycles. The Morgan fingerprint density at radius 1 is 1.23 bits per heavy atom. The van der Waals surface area contributed by atoms with Gasteiger partial charge in [0.25, 0.3) is 12.3 Å². The molecule has 0 atom stereocenters. The first-order chi connectivity index (χ1) is 12.6. The summed E-state index contributed by atoms with van der Waals surface area (Å²) in [7, 11) is 0. The second-order valence-corrected chi connectivity index (χ2v) is 6.54. The molecule has 1 aliphatic rings. The third kappa shape index (κ3) is 3.07. The Hall–Kier alpha value is -2.77. The summed E-state index contributed by atoms with van der Waals surface area (Å²) in [5.41, 5.74) is 0.458. The Labute approximate surface area is 148 Å². The van der Waals surface area contributed by atoms with Gasteiger partial charge in [-0.2, -0.15) is 5.10 Å². The predicted molar refractivity (Wildman–Crippen MR) is 92.5 cm³/mol. The smallest absolute Gasteiger partial charge is 0.284 e. The lowest BCUT2D eigenvalue weighted by atomic mass is 9.96. The lowest BCUT2D eigenvalue weighted by Crippen LogP contribution is -2.14. The van der Waals surface area contributed by atoms with Gasteiger partial charge in [0.1, 0.15) is 6.33 Å². The number of fused-ring (bicyclic) bond motifs is 1. The molecule has 1 amide bonds. The van der Waals surface area contributed by atoms with Gasteiger partial charge in [-0.1, -0.05) is 25.3 Å².